The van der Waals surface area contributed by atoms with Crippen LogP contribution in [0, 0.1) is 5.82 Å². The number of methoxy groups -OCH3 is 1. The minimum atomic E-state index is -0.640. The lowest BCUT2D eigenvalue weighted by molar-refractivity contribution is -0.117. The van der Waals surface area contributed by atoms with Crippen LogP contribution in [0.5, 0.6) is 0 Å². The van der Waals surface area contributed by atoms with Crippen LogP contribution in [0.15, 0.2) is 42.5 Å². The zero-order valence-electron chi connectivity index (χ0n) is 14.8. The lowest BCUT2D eigenvalue weighted by Crippen LogP contribution is -2.23. The van der Waals surface area contributed by atoms with Crippen molar-refractivity contribution >= 4 is 29.2 Å². The topological polar surface area (TPSA) is 75.7 Å². The molecule has 0 aliphatic carbocycles. The van der Waals surface area contributed by atoms with E-state index in [-0.39, 0.29) is 23.6 Å². The van der Waals surface area contributed by atoms with Gasteiger partial charge < -0.3 is 15.0 Å². The highest BCUT2D eigenvalue weighted by Gasteiger charge is 2.21. The lowest BCUT2D eigenvalue weighted by atomic mass is 10.1. The average Bonchev–Trinajstić information content (AvgIpc) is 3.09. The van der Waals surface area contributed by atoms with E-state index in [1.807, 2.05) is 0 Å². The Morgan fingerprint density at radius 1 is 1.19 bits per heavy atom. The fraction of sp³-hybridized carbons (Fsp3) is 0.250. The number of hydrogen-bond donors (Lipinski definition) is 1. The van der Waals surface area contributed by atoms with E-state index >= 15 is 0 Å². The van der Waals surface area contributed by atoms with Gasteiger partial charge in [0.1, 0.15) is 5.82 Å². The number of benzene rings is 2. The Morgan fingerprint density at radius 2 is 1.93 bits per heavy atom. The summed E-state index contributed by atoms with van der Waals surface area (Å²) >= 11 is 0. The van der Waals surface area contributed by atoms with Gasteiger partial charge in [-0.2, -0.15) is 0 Å². The number of ether oxygens (including phenoxy) is 1. The van der Waals surface area contributed by atoms with Crippen molar-refractivity contribution in [2.75, 3.05) is 23.9 Å². The summed E-state index contributed by atoms with van der Waals surface area (Å²) in [5.41, 5.74) is 1.60. The van der Waals surface area contributed by atoms with Crippen LogP contribution in [0.3, 0.4) is 0 Å². The predicted octanol–water partition coefficient (Wildman–Crippen LogP) is 2.92. The zero-order chi connectivity index (χ0) is 19.4. The molecule has 0 atom stereocenters. The molecule has 0 radical (unpaired) electrons. The van der Waals surface area contributed by atoms with Crippen molar-refractivity contribution in [1.82, 2.24) is 0 Å². The molecule has 1 heterocycles. The Morgan fingerprint density at radius 3 is 2.56 bits per heavy atom. The van der Waals surface area contributed by atoms with Crippen LogP contribution < -0.4 is 10.2 Å². The molecule has 0 spiro atoms. The number of esters is 1. The van der Waals surface area contributed by atoms with E-state index in [1.54, 1.807) is 29.2 Å². The molecule has 1 N–H and O–H groups in total. The van der Waals surface area contributed by atoms with E-state index in [9.17, 15) is 18.8 Å². The van der Waals surface area contributed by atoms with Gasteiger partial charge in [-0.15, -0.1) is 0 Å². The van der Waals surface area contributed by atoms with Gasteiger partial charge in [-0.3, -0.25) is 9.59 Å². The largest absolute Gasteiger partial charge is 0.465 e. The second kappa shape index (κ2) is 7.99. The van der Waals surface area contributed by atoms with Crippen molar-refractivity contribution in [3.63, 3.8) is 0 Å². The van der Waals surface area contributed by atoms with Gasteiger partial charge in [0.25, 0.3) is 0 Å². The smallest absolute Gasteiger partial charge is 0.337 e. The highest BCUT2D eigenvalue weighted by molar-refractivity contribution is 5.96. The fourth-order valence-corrected chi connectivity index (χ4v) is 2.96. The molecule has 2 aromatic rings. The number of halogens is 1. The summed E-state index contributed by atoms with van der Waals surface area (Å²) in [7, 11) is 1.23. The first-order valence-corrected chi connectivity index (χ1v) is 8.55. The van der Waals surface area contributed by atoms with Gasteiger partial charge in [0, 0.05) is 18.7 Å². The summed E-state index contributed by atoms with van der Waals surface area (Å²) in [6, 6.07) is 10.7. The van der Waals surface area contributed by atoms with E-state index in [0.29, 0.717) is 13.0 Å². The summed E-state index contributed by atoms with van der Waals surface area (Å²) in [5.74, 6) is -1.57. The highest BCUT2D eigenvalue weighted by Crippen LogP contribution is 2.22. The molecule has 6 nitrogen and oxygen atoms in total. The summed E-state index contributed by atoms with van der Waals surface area (Å²) in [4.78, 5) is 37.2. The molecule has 1 saturated heterocycles. The Bertz CT molecular complexity index is 880. The molecule has 1 fully saturated rings. The second-order valence-corrected chi connectivity index (χ2v) is 6.23. The van der Waals surface area contributed by atoms with Crippen LogP contribution in [-0.2, 0) is 20.7 Å². The van der Waals surface area contributed by atoms with E-state index < -0.39 is 17.7 Å². The number of nitrogens with one attached hydrogen (secondary N) is 1. The van der Waals surface area contributed by atoms with Gasteiger partial charge in [-0.1, -0.05) is 12.1 Å². The van der Waals surface area contributed by atoms with Gasteiger partial charge >= 0.3 is 5.97 Å². The molecular formula is C20H19FN2O4. The molecule has 2 aromatic carbocycles. The van der Waals surface area contributed by atoms with E-state index in [0.717, 1.165) is 23.7 Å². The molecule has 2 amide bonds. The third-order valence-electron chi connectivity index (χ3n) is 4.35. The number of rotatable bonds is 5. The number of hydrogen-bond acceptors (Lipinski definition) is 4. The Labute approximate surface area is 155 Å². The first kappa shape index (κ1) is 18.6. The van der Waals surface area contributed by atoms with Crippen LogP contribution in [0.4, 0.5) is 15.8 Å². The molecular weight excluding hydrogens is 351 g/mol. The van der Waals surface area contributed by atoms with Gasteiger partial charge in [0.15, 0.2) is 0 Å². The average molecular weight is 370 g/mol. The third kappa shape index (κ3) is 4.31. The first-order chi connectivity index (χ1) is 13.0. The monoisotopic (exact) mass is 370 g/mol. The van der Waals surface area contributed by atoms with Gasteiger partial charge in [0.2, 0.25) is 11.8 Å². The van der Waals surface area contributed by atoms with Crippen molar-refractivity contribution in [2.24, 2.45) is 0 Å². The molecule has 1 aliphatic heterocycles. The van der Waals surface area contributed by atoms with E-state index in [2.05, 4.69) is 10.1 Å². The maximum Gasteiger partial charge on any atom is 0.337 e. The Hall–Kier alpha value is -3.22. The van der Waals surface area contributed by atoms with Gasteiger partial charge in [-0.25, -0.2) is 9.18 Å². The van der Waals surface area contributed by atoms with Gasteiger partial charge in [0.05, 0.1) is 24.8 Å². The number of amides is 2. The number of nitrogens with zero attached hydrogens (tertiary/aromatic N) is 1. The maximum absolute atomic E-state index is 13.9. The Kier molecular flexibility index (Phi) is 5.49. The van der Waals surface area contributed by atoms with Crippen LogP contribution in [-0.4, -0.2) is 31.4 Å². The molecule has 0 unspecified atom stereocenters. The number of carbonyl (C=O) groups excluding carboxylic acids is 3. The van der Waals surface area contributed by atoms with Crippen molar-refractivity contribution < 1.29 is 23.5 Å². The summed E-state index contributed by atoms with van der Waals surface area (Å²) in [5, 5.41) is 2.47. The van der Waals surface area contributed by atoms with Crippen molar-refractivity contribution in [1.29, 1.82) is 0 Å². The molecule has 7 heteroatoms. The molecule has 0 aromatic heterocycles. The molecule has 0 bridgehead atoms. The molecule has 1 aliphatic rings. The van der Waals surface area contributed by atoms with Crippen molar-refractivity contribution in [3.8, 4) is 0 Å². The first-order valence-electron chi connectivity index (χ1n) is 8.55. The quantitative estimate of drug-likeness (QED) is 0.821. The number of carbonyl (C=O) groups is 3. The van der Waals surface area contributed by atoms with Crippen molar-refractivity contribution in [2.45, 2.75) is 19.3 Å². The minimum absolute atomic E-state index is 0.0378. The van der Waals surface area contributed by atoms with Crippen LogP contribution in [0.1, 0.15) is 28.8 Å². The standard InChI is InChI=1S/C20H19FN2O4/c1-27-20(26)14-6-9-16(21)17(12-14)22-18(24)11-13-4-7-15(8-5-13)23-10-2-3-19(23)25/h4-9,12H,2-3,10-11H2,1H3,(H,22,24). The molecule has 27 heavy (non-hydrogen) atoms. The lowest BCUT2D eigenvalue weighted by Gasteiger charge is -2.16. The fourth-order valence-electron chi connectivity index (χ4n) is 2.96. The molecule has 140 valence electrons. The predicted molar refractivity (Wildman–Crippen MR) is 98.1 cm³/mol. The summed E-state index contributed by atoms with van der Waals surface area (Å²) < 4.78 is 18.5. The Balaban J connectivity index is 1.66. The van der Waals surface area contributed by atoms with Crippen LogP contribution in [0.25, 0.3) is 0 Å². The highest BCUT2D eigenvalue weighted by atomic mass is 19.1. The second-order valence-electron chi connectivity index (χ2n) is 6.23. The summed E-state index contributed by atoms with van der Waals surface area (Å²) in [6.07, 6.45) is 1.44. The molecule has 3 rings (SSSR count). The maximum atomic E-state index is 13.9. The van der Waals surface area contributed by atoms with Crippen LogP contribution in [0.2, 0.25) is 0 Å². The van der Waals surface area contributed by atoms with Gasteiger partial charge in [-0.05, 0) is 42.3 Å². The molecule has 0 saturated carbocycles. The third-order valence-corrected chi connectivity index (χ3v) is 4.35. The van der Waals surface area contributed by atoms with Crippen molar-refractivity contribution in [3.05, 3.63) is 59.4 Å². The van der Waals surface area contributed by atoms with E-state index in [1.165, 1.54) is 19.2 Å². The SMILES string of the molecule is COC(=O)c1ccc(F)c(NC(=O)Cc2ccc(N3CCCC3=O)cc2)c1. The normalized spacial score (nSPS) is 13.6. The zero-order valence-corrected chi connectivity index (χ0v) is 14.8. The minimum Gasteiger partial charge on any atom is -0.465 e. The summed E-state index contributed by atoms with van der Waals surface area (Å²) in [6.45, 7) is 0.703. The van der Waals surface area contributed by atoms with E-state index in [4.69, 9.17) is 0 Å². The van der Waals surface area contributed by atoms with Crippen LogP contribution >= 0.6 is 0 Å². The number of anilines is 2.